The lowest BCUT2D eigenvalue weighted by Crippen LogP contribution is -2.26. The molecule has 0 aliphatic carbocycles. The number of halogens is 1. The van der Waals surface area contributed by atoms with E-state index in [1.807, 2.05) is 30.5 Å². The van der Waals surface area contributed by atoms with Crippen LogP contribution in [-0.4, -0.2) is 22.8 Å². The van der Waals surface area contributed by atoms with Gasteiger partial charge in [-0.3, -0.25) is 4.79 Å². The topological polar surface area (TPSA) is 33.2 Å². The van der Waals surface area contributed by atoms with Gasteiger partial charge in [-0.1, -0.05) is 12.1 Å². The van der Waals surface area contributed by atoms with Crippen LogP contribution in [0.1, 0.15) is 26.6 Å². The van der Waals surface area contributed by atoms with Crippen LogP contribution in [0, 0.1) is 6.92 Å². The van der Waals surface area contributed by atoms with Crippen LogP contribution in [-0.2, 0) is 12.4 Å². The molecule has 0 radical (unpaired) electrons. The second-order valence-electron chi connectivity index (χ2n) is 4.35. The smallest absolute Gasteiger partial charge is 0.253 e. The van der Waals surface area contributed by atoms with E-state index in [2.05, 4.69) is 4.98 Å². The fourth-order valence-electron chi connectivity index (χ4n) is 1.80. The Morgan fingerprint density at radius 1 is 1.47 bits per heavy atom. The van der Waals surface area contributed by atoms with Crippen molar-refractivity contribution >= 4 is 28.8 Å². The number of carbonyl (C=O) groups excluding carboxylic acids is 1. The van der Waals surface area contributed by atoms with E-state index in [9.17, 15) is 4.79 Å². The number of amides is 1. The van der Waals surface area contributed by atoms with Crippen LogP contribution in [0.25, 0.3) is 0 Å². The highest BCUT2D eigenvalue weighted by Crippen LogP contribution is 2.13. The molecule has 0 bridgehead atoms. The van der Waals surface area contributed by atoms with Crippen molar-refractivity contribution in [1.29, 1.82) is 0 Å². The van der Waals surface area contributed by atoms with Gasteiger partial charge in [0.2, 0.25) is 0 Å². The predicted octanol–water partition coefficient (Wildman–Crippen LogP) is 3.46. The van der Waals surface area contributed by atoms with E-state index in [1.54, 1.807) is 29.4 Å². The van der Waals surface area contributed by atoms with Gasteiger partial charge >= 0.3 is 0 Å². The van der Waals surface area contributed by atoms with E-state index >= 15 is 0 Å². The summed E-state index contributed by atoms with van der Waals surface area (Å²) in [5.41, 5.74) is 2.53. The van der Waals surface area contributed by atoms with Crippen LogP contribution in [0.3, 0.4) is 0 Å². The molecule has 0 saturated heterocycles. The van der Waals surface area contributed by atoms with E-state index in [1.165, 1.54) is 0 Å². The standard InChI is InChI=1S/C14H15ClN2OS/c1-10-16-13(9-19-10)8-17(2)14(18)12-5-3-4-11(6-12)7-15/h3-6,9H,7-8H2,1-2H3. The maximum atomic E-state index is 12.3. The van der Waals surface area contributed by atoms with Crippen LogP contribution < -0.4 is 0 Å². The van der Waals surface area contributed by atoms with Crippen molar-refractivity contribution < 1.29 is 4.79 Å². The first-order valence-electron chi connectivity index (χ1n) is 5.91. The molecule has 19 heavy (non-hydrogen) atoms. The van der Waals surface area contributed by atoms with Crippen molar-refractivity contribution in [2.24, 2.45) is 0 Å². The molecule has 5 heteroatoms. The van der Waals surface area contributed by atoms with Crippen molar-refractivity contribution in [2.45, 2.75) is 19.3 Å². The lowest BCUT2D eigenvalue weighted by Gasteiger charge is -2.16. The minimum atomic E-state index is -0.0161. The summed E-state index contributed by atoms with van der Waals surface area (Å²) in [6.07, 6.45) is 0. The minimum absolute atomic E-state index is 0.0161. The summed E-state index contributed by atoms with van der Waals surface area (Å²) < 4.78 is 0. The summed E-state index contributed by atoms with van der Waals surface area (Å²) in [6.45, 7) is 2.48. The van der Waals surface area contributed by atoms with Gasteiger partial charge in [-0.25, -0.2) is 4.98 Å². The van der Waals surface area contributed by atoms with Gasteiger partial charge in [-0.2, -0.15) is 0 Å². The molecule has 0 saturated carbocycles. The Labute approximate surface area is 121 Å². The van der Waals surface area contributed by atoms with Gasteiger partial charge in [0, 0.05) is 23.9 Å². The molecule has 0 N–H and O–H groups in total. The Morgan fingerprint density at radius 3 is 2.89 bits per heavy atom. The number of benzene rings is 1. The fourth-order valence-corrected chi connectivity index (χ4v) is 2.57. The van der Waals surface area contributed by atoms with E-state index < -0.39 is 0 Å². The molecule has 2 rings (SSSR count). The highest BCUT2D eigenvalue weighted by atomic mass is 35.5. The molecule has 0 aliphatic rings. The number of hydrogen-bond donors (Lipinski definition) is 0. The van der Waals surface area contributed by atoms with E-state index in [-0.39, 0.29) is 5.91 Å². The normalized spacial score (nSPS) is 10.5. The van der Waals surface area contributed by atoms with Crippen molar-refractivity contribution in [2.75, 3.05) is 7.05 Å². The second kappa shape index (κ2) is 6.17. The molecule has 0 aliphatic heterocycles. The van der Waals surface area contributed by atoms with Gasteiger partial charge in [-0.15, -0.1) is 22.9 Å². The molecule has 1 aromatic carbocycles. The van der Waals surface area contributed by atoms with Crippen LogP contribution in [0.5, 0.6) is 0 Å². The van der Waals surface area contributed by atoms with E-state index in [0.717, 1.165) is 16.3 Å². The Bertz CT molecular complexity index is 582. The largest absolute Gasteiger partial charge is 0.336 e. The summed E-state index contributed by atoms with van der Waals surface area (Å²) in [5.74, 6) is 0.397. The number of aryl methyl sites for hydroxylation is 1. The third-order valence-corrected chi connectivity index (χ3v) is 3.87. The van der Waals surface area contributed by atoms with Gasteiger partial charge in [-0.05, 0) is 24.6 Å². The van der Waals surface area contributed by atoms with Crippen molar-refractivity contribution in [3.8, 4) is 0 Å². The molecule has 2 aromatic rings. The van der Waals surface area contributed by atoms with Gasteiger partial charge < -0.3 is 4.90 Å². The molecule has 1 aromatic heterocycles. The minimum Gasteiger partial charge on any atom is -0.336 e. The Morgan fingerprint density at radius 2 is 2.26 bits per heavy atom. The van der Waals surface area contributed by atoms with Crippen LogP contribution in [0.15, 0.2) is 29.6 Å². The quantitative estimate of drug-likeness (QED) is 0.809. The first-order chi connectivity index (χ1) is 9.10. The summed E-state index contributed by atoms with van der Waals surface area (Å²) in [7, 11) is 1.78. The maximum absolute atomic E-state index is 12.3. The van der Waals surface area contributed by atoms with Gasteiger partial charge in [0.05, 0.1) is 17.2 Å². The van der Waals surface area contributed by atoms with Crippen molar-refractivity contribution in [3.63, 3.8) is 0 Å². The number of carbonyl (C=O) groups is 1. The van der Waals surface area contributed by atoms with Crippen LogP contribution in [0.4, 0.5) is 0 Å². The predicted molar refractivity (Wildman–Crippen MR) is 78.6 cm³/mol. The van der Waals surface area contributed by atoms with Gasteiger partial charge in [0.1, 0.15) is 0 Å². The number of alkyl halides is 1. The molecule has 0 atom stereocenters. The highest BCUT2D eigenvalue weighted by molar-refractivity contribution is 7.09. The average molecular weight is 295 g/mol. The first-order valence-corrected chi connectivity index (χ1v) is 7.33. The Kier molecular flexibility index (Phi) is 4.56. The molecule has 0 spiro atoms. The fraction of sp³-hybridized carbons (Fsp3) is 0.286. The Hall–Kier alpha value is -1.39. The zero-order valence-electron chi connectivity index (χ0n) is 10.9. The second-order valence-corrected chi connectivity index (χ2v) is 5.68. The molecule has 100 valence electrons. The highest BCUT2D eigenvalue weighted by Gasteiger charge is 2.13. The van der Waals surface area contributed by atoms with Crippen molar-refractivity contribution in [3.05, 3.63) is 51.5 Å². The van der Waals surface area contributed by atoms with E-state index in [4.69, 9.17) is 11.6 Å². The summed E-state index contributed by atoms with van der Waals surface area (Å²) in [4.78, 5) is 18.3. The number of thiazole rings is 1. The number of aromatic nitrogens is 1. The summed E-state index contributed by atoms with van der Waals surface area (Å²) in [5, 5.41) is 2.99. The molecule has 1 heterocycles. The number of hydrogen-bond acceptors (Lipinski definition) is 3. The van der Waals surface area contributed by atoms with Gasteiger partial charge in [0.15, 0.2) is 0 Å². The van der Waals surface area contributed by atoms with Crippen LogP contribution >= 0.6 is 22.9 Å². The molecule has 3 nitrogen and oxygen atoms in total. The molecular weight excluding hydrogens is 280 g/mol. The third-order valence-electron chi connectivity index (χ3n) is 2.74. The monoisotopic (exact) mass is 294 g/mol. The molecule has 1 amide bonds. The first kappa shape index (κ1) is 14.0. The third kappa shape index (κ3) is 3.55. The average Bonchev–Trinajstić information content (AvgIpc) is 2.83. The molecular formula is C14H15ClN2OS. The summed E-state index contributed by atoms with van der Waals surface area (Å²) >= 11 is 7.38. The zero-order chi connectivity index (χ0) is 13.8. The van der Waals surface area contributed by atoms with Crippen molar-refractivity contribution in [1.82, 2.24) is 9.88 Å². The number of rotatable bonds is 4. The zero-order valence-corrected chi connectivity index (χ0v) is 12.5. The van der Waals surface area contributed by atoms with E-state index in [0.29, 0.717) is 18.0 Å². The van der Waals surface area contributed by atoms with Crippen LogP contribution in [0.2, 0.25) is 0 Å². The Balaban J connectivity index is 2.09. The molecule has 0 unspecified atom stereocenters. The van der Waals surface area contributed by atoms with Gasteiger partial charge in [0.25, 0.3) is 5.91 Å². The lowest BCUT2D eigenvalue weighted by atomic mass is 10.1. The number of nitrogens with zero attached hydrogens (tertiary/aromatic N) is 2. The maximum Gasteiger partial charge on any atom is 0.253 e. The lowest BCUT2D eigenvalue weighted by molar-refractivity contribution is 0.0783. The SMILES string of the molecule is Cc1nc(CN(C)C(=O)c2cccc(CCl)c2)cs1. The molecule has 0 fully saturated rings. The summed E-state index contributed by atoms with van der Waals surface area (Å²) in [6, 6.07) is 7.40.